The van der Waals surface area contributed by atoms with Crippen molar-refractivity contribution in [2.24, 2.45) is 0 Å². The van der Waals surface area contributed by atoms with E-state index in [1.165, 1.54) is 27.7 Å². The summed E-state index contributed by atoms with van der Waals surface area (Å²) < 4.78 is 22.2. The van der Waals surface area contributed by atoms with Crippen LogP contribution in [-0.4, -0.2) is 59.1 Å². The predicted molar refractivity (Wildman–Crippen MR) is 113 cm³/mol. The lowest BCUT2D eigenvalue weighted by Gasteiger charge is -2.08. The zero-order valence-electron chi connectivity index (χ0n) is 17.0. The van der Waals surface area contributed by atoms with E-state index in [0.29, 0.717) is 34.2 Å². The minimum atomic E-state index is -0.379. The largest absolute Gasteiger partial charge is 0.475 e. The summed E-state index contributed by atoms with van der Waals surface area (Å²) in [5, 5.41) is 26.3. The summed E-state index contributed by atoms with van der Waals surface area (Å²) in [7, 11) is 0. The van der Waals surface area contributed by atoms with Crippen molar-refractivity contribution >= 4 is 11.6 Å². The van der Waals surface area contributed by atoms with Crippen molar-refractivity contribution in [1.82, 2.24) is 45.3 Å². The molecule has 164 valence electrons. The molecule has 5 rings (SSSR count). The van der Waals surface area contributed by atoms with E-state index in [4.69, 9.17) is 4.74 Å². The fourth-order valence-electron chi connectivity index (χ4n) is 3.15. The van der Waals surface area contributed by atoms with Gasteiger partial charge in [-0.3, -0.25) is 4.79 Å². The van der Waals surface area contributed by atoms with E-state index in [1.54, 1.807) is 48.5 Å². The standard InChI is InChI=1S/C21H16FN9O2/c22-16-5-1-3-14(11-16)20-26-25-18-7-8-19(27-31(18)20)33-10-9-23-21(32)15-4-2-6-17(12-15)30-13-24-28-29-30/h1-8,11-13H,9-10H2,(H,23,32). The number of benzene rings is 2. The number of hydrogen-bond donors (Lipinski definition) is 1. The number of nitrogens with zero attached hydrogens (tertiary/aromatic N) is 8. The first-order valence-electron chi connectivity index (χ1n) is 9.90. The highest BCUT2D eigenvalue weighted by Crippen LogP contribution is 2.19. The molecule has 11 nitrogen and oxygen atoms in total. The Morgan fingerprint density at radius 3 is 2.82 bits per heavy atom. The van der Waals surface area contributed by atoms with Gasteiger partial charge in [-0.1, -0.05) is 18.2 Å². The van der Waals surface area contributed by atoms with Gasteiger partial charge in [-0.2, -0.15) is 4.52 Å². The number of carbonyl (C=O) groups is 1. The van der Waals surface area contributed by atoms with Crippen LogP contribution in [0.25, 0.3) is 22.7 Å². The molecule has 33 heavy (non-hydrogen) atoms. The number of carbonyl (C=O) groups excluding carboxylic acids is 1. The molecular formula is C21H16FN9O2. The van der Waals surface area contributed by atoms with Crippen molar-refractivity contribution in [3.05, 3.63) is 78.4 Å². The quantitative estimate of drug-likeness (QED) is 0.376. The molecule has 1 N–H and O–H groups in total. The van der Waals surface area contributed by atoms with Crippen LogP contribution in [0.4, 0.5) is 4.39 Å². The molecule has 0 aliphatic carbocycles. The van der Waals surface area contributed by atoms with Gasteiger partial charge in [0.05, 0.1) is 12.2 Å². The molecule has 0 atom stereocenters. The van der Waals surface area contributed by atoms with Crippen LogP contribution in [0.1, 0.15) is 10.4 Å². The highest BCUT2D eigenvalue weighted by Gasteiger charge is 2.12. The van der Waals surface area contributed by atoms with E-state index in [2.05, 4.69) is 36.1 Å². The smallest absolute Gasteiger partial charge is 0.251 e. The van der Waals surface area contributed by atoms with Crippen LogP contribution in [0.15, 0.2) is 67.0 Å². The van der Waals surface area contributed by atoms with E-state index in [0.717, 1.165) is 0 Å². The van der Waals surface area contributed by atoms with Gasteiger partial charge in [0, 0.05) is 17.2 Å². The monoisotopic (exact) mass is 445 g/mol. The van der Waals surface area contributed by atoms with E-state index >= 15 is 0 Å². The Labute approximate surface area is 185 Å². The molecule has 0 spiro atoms. The number of ether oxygens (including phenoxy) is 1. The summed E-state index contributed by atoms with van der Waals surface area (Å²) in [5.41, 5.74) is 2.18. The van der Waals surface area contributed by atoms with Crippen LogP contribution in [0.3, 0.4) is 0 Å². The maximum absolute atomic E-state index is 13.6. The fourth-order valence-corrected chi connectivity index (χ4v) is 3.15. The number of halogens is 1. The molecule has 0 aliphatic heterocycles. The number of tetrazole rings is 1. The maximum Gasteiger partial charge on any atom is 0.251 e. The van der Waals surface area contributed by atoms with Gasteiger partial charge in [0.2, 0.25) is 5.88 Å². The van der Waals surface area contributed by atoms with Crippen LogP contribution in [0.2, 0.25) is 0 Å². The maximum atomic E-state index is 13.6. The third kappa shape index (κ3) is 4.35. The normalized spacial score (nSPS) is 10.9. The Kier molecular flexibility index (Phi) is 5.37. The topological polar surface area (TPSA) is 125 Å². The van der Waals surface area contributed by atoms with Crippen LogP contribution in [-0.2, 0) is 0 Å². The summed E-state index contributed by atoms with van der Waals surface area (Å²) in [6, 6.07) is 16.3. The lowest BCUT2D eigenvalue weighted by molar-refractivity contribution is 0.0946. The molecule has 1 amide bonds. The van der Waals surface area contributed by atoms with Gasteiger partial charge < -0.3 is 10.1 Å². The van der Waals surface area contributed by atoms with E-state index in [-0.39, 0.29) is 24.9 Å². The molecule has 3 aromatic heterocycles. The number of aromatic nitrogens is 8. The number of amides is 1. The van der Waals surface area contributed by atoms with Gasteiger partial charge in [-0.25, -0.2) is 9.07 Å². The first-order valence-corrected chi connectivity index (χ1v) is 9.90. The molecule has 0 radical (unpaired) electrons. The second-order valence-corrected chi connectivity index (χ2v) is 6.88. The van der Waals surface area contributed by atoms with E-state index in [9.17, 15) is 9.18 Å². The predicted octanol–water partition coefficient (Wildman–Crippen LogP) is 1.71. The molecule has 0 saturated carbocycles. The van der Waals surface area contributed by atoms with Crippen LogP contribution in [0, 0.1) is 5.82 Å². The van der Waals surface area contributed by atoms with Gasteiger partial charge in [-0.05, 0) is 46.8 Å². The van der Waals surface area contributed by atoms with Crippen LogP contribution < -0.4 is 10.1 Å². The zero-order valence-corrected chi connectivity index (χ0v) is 17.0. The van der Waals surface area contributed by atoms with Gasteiger partial charge in [0.1, 0.15) is 18.8 Å². The summed E-state index contributed by atoms with van der Waals surface area (Å²) in [4.78, 5) is 12.5. The molecule has 0 saturated heterocycles. The second kappa shape index (κ2) is 8.78. The Hall–Kier alpha value is -4.74. The molecule has 3 heterocycles. The Morgan fingerprint density at radius 1 is 1.06 bits per heavy atom. The third-order valence-electron chi connectivity index (χ3n) is 4.68. The van der Waals surface area contributed by atoms with Crippen molar-refractivity contribution in [2.75, 3.05) is 13.2 Å². The first kappa shape index (κ1) is 20.2. The number of hydrogen-bond acceptors (Lipinski definition) is 8. The van der Waals surface area contributed by atoms with Gasteiger partial charge in [-0.15, -0.1) is 20.4 Å². The number of nitrogens with one attached hydrogen (secondary N) is 1. The lowest BCUT2D eigenvalue weighted by Crippen LogP contribution is -2.28. The van der Waals surface area contributed by atoms with Crippen LogP contribution >= 0.6 is 0 Å². The zero-order chi connectivity index (χ0) is 22.6. The number of fused-ring (bicyclic) bond motifs is 1. The van der Waals surface area contributed by atoms with E-state index < -0.39 is 0 Å². The Balaban J connectivity index is 1.21. The average molecular weight is 445 g/mol. The number of rotatable bonds is 7. The summed E-state index contributed by atoms with van der Waals surface area (Å²) in [6.45, 7) is 0.445. The highest BCUT2D eigenvalue weighted by molar-refractivity contribution is 5.94. The fraction of sp³-hybridized carbons (Fsp3) is 0.0952. The van der Waals surface area contributed by atoms with Crippen molar-refractivity contribution in [1.29, 1.82) is 0 Å². The van der Waals surface area contributed by atoms with Gasteiger partial charge in [0.15, 0.2) is 11.5 Å². The molecule has 5 aromatic rings. The summed E-state index contributed by atoms with van der Waals surface area (Å²) in [6.07, 6.45) is 1.45. The molecular weight excluding hydrogens is 429 g/mol. The molecule has 0 unspecified atom stereocenters. The molecule has 12 heteroatoms. The summed E-state index contributed by atoms with van der Waals surface area (Å²) in [5.74, 6) is 0.0700. The Morgan fingerprint density at radius 2 is 1.97 bits per heavy atom. The van der Waals surface area contributed by atoms with Crippen molar-refractivity contribution in [3.8, 4) is 23.0 Å². The lowest BCUT2D eigenvalue weighted by atomic mass is 10.2. The second-order valence-electron chi connectivity index (χ2n) is 6.88. The highest BCUT2D eigenvalue weighted by atomic mass is 19.1. The summed E-state index contributed by atoms with van der Waals surface area (Å²) >= 11 is 0. The van der Waals surface area contributed by atoms with E-state index in [1.807, 2.05) is 0 Å². The third-order valence-corrected chi connectivity index (χ3v) is 4.68. The molecule has 0 bridgehead atoms. The molecule has 0 fully saturated rings. The first-order chi connectivity index (χ1) is 16.2. The molecule has 0 aliphatic rings. The minimum Gasteiger partial charge on any atom is -0.475 e. The minimum absolute atomic E-state index is 0.189. The van der Waals surface area contributed by atoms with Gasteiger partial charge in [0.25, 0.3) is 5.91 Å². The average Bonchev–Trinajstić information content (AvgIpc) is 3.52. The van der Waals surface area contributed by atoms with Crippen molar-refractivity contribution < 1.29 is 13.9 Å². The van der Waals surface area contributed by atoms with Crippen LogP contribution in [0.5, 0.6) is 5.88 Å². The molecule has 2 aromatic carbocycles. The van der Waals surface area contributed by atoms with Gasteiger partial charge >= 0.3 is 0 Å². The van der Waals surface area contributed by atoms with Crippen molar-refractivity contribution in [3.63, 3.8) is 0 Å². The SMILES string of the molecule is O=C(NCCOc1ccc2nnc(-c3cccc(F)c3)n2n1)c1cccc(-n2cnnn2)c1. The van der Waals surface area contributed by atoms with Crippen molar-refractivity contribution in [2.45, 2.75) is 0 Å². The Bertz CT molecular complexity index is 1420.